The molecule has 0 bridgehead atoms. The highest BCUT2D eigenvalue weighted by Gasteiger charge is 2.36. The van der Waals surface area contributed by atoms with Crippen LogP contribution in [0.2, 0.25) is 0 Å². The maximum atomic E-state index is 13.1. The van der Waals surface area contributed by atoms with Gasteiger partial charge in [0, 0.05) is 23.5 Å². The summed E-state index contributed by atoms with van der Waals surface area (Å²) in [5, 5.41) is 2.18. The van der Waals surface area contributed by atoms with E-state index in [9.17, 15) is 18.4 Å². The number of nitrogens with zero attached hydrogens (tertiary/aromatic N) is 1. The normalized spacial score (nSPS) is 18.3. The van der Waals surface area contributed by atoms with Gasteiger partial charge in [0.15, 0.2) is 0 Å². The summed E-state index contributed by atoms with van der Waals surface area (Å²) in [6, 6.07) is 7.41. The van der Waals surface area contributed by atoms with Crippen molar-refractivity contribution in [2.24, 2.45) is 11.7 Å². The number of hydrogen-bond acceptors (Lipinski definition) is 4. The molecule has 126 valence electrons. The van der Waals surface area contributed by atoms with E-state index in [0.717, 1.165) is 4.90 Å². The van der Waals surface area contributed by atoms with E-state index in [1.165, 1.54) is 4.90 Å². The number of carbonyl (C=O) groups excluding carboxylic acids is 2. The van der Waals surface area contributed by atoms with E-state index >= 15 is 0 Å². The maximum Gasteiger partial charge on any atom is 0.277 e. The van der Waals surface area contributed by atoms with Gasteiger partial charge in [-0.3, -0.25) is 9.59 Å². The van der Waals surface area contributed by atoms with Crippen LogP contribution in [0.1, 0.15) is 6.42 Å². The van der Waals surface area contributed by atoms with Gasteiger partial charge in [0.2, 0.25) is 11.8 Å². The highest BCUT2D eigenvalue weighted by atomic mass is 32.2. The van der Waals surface area contributed by atoms with E-state index in [2.05, 4.69) is 5.32 Å². The number of anilines is 1. The third-order valence-corrected chi connectivity index (χ3v) is 4.44. The SMILES string of the molecule is CSc1ccc(N2CC(C(=O)NCC(F)(F)CN)CC2=O)cc1. The van der Waals surface area contributed by atoms with Gasteiger partial charge in [0.25, 0.3) is 5.92 Å². The summed E-state index contributed by atoms with van der Waals surface area (Å²) in [4.78, 5) is 26.6. The summed E-state index contributed by atoms with van der Waals surface area (Å²) in [7, 11) is 0. The number of halogens is 2. The van der Waals surface area contributed by atoms with Crippen LogP contribution < -0.4 is 16.0 Å². The molecule has 1 unspecified atom stereocenters. The molecular weight excluding hydrogens is 324 g/mol. The molecule has 1 aliphatic rings. The van der Waals surface area contributed by atoms with Crippen molar-refractivity contribution in [2.45, 2.75) is 17.2 Å². The summed E-state index contributed by atoms with van der Waals surface area (Å²) >= 11 is 1.59. The van der Waals surface area contributed by atoms with Crippen LogP contribution in [0, 0.1) is 5.92 Å². The smallest absolute Gasteiger partial charge is 0.277 e. The standard InChI is InChI=1S/C15H19F2N3O2S/c1-23-12-4-2-11(3-5-12)20-7-10(6-13(20)21)14(22)19-9-15(16,17)8-18/h2-5,10H,6-9,18H2,1H3,(H,19,22). The molecule has 8 heteroatoms. The molecule has 3 N–H and O–H groups in total. The lowest BCUT2D eigenvalue weighted by Gasteiger charge is -2.18. The molecule has 1 aromatic carbocycles. The van der Waals surface area contributed by atoms with E-state index in [4.69, 9.17) is 5.73 Å². The largest absolute Gasteiger partial charge is 0.350 e. The zero-order valence-electron chi connectivity index (χ0n) is 12.7. The minimum atomic E-state index is -3.13. The van der Waals surface area contributed by atoms with Crippen LogP contribution in [0.4, 0.5) is 14.5 Å². The molecule has 2 rings (SSSR count). The van der Waals surface area contributed by atoms with Crippen molar-refractivity contribution in [1.82, 2.24) is 5.32 Å². The second kappa shape index (κ2) is 7.27. The first-order valence-corrected chi connectivity index (χ1v) is 8.39. The van der Waals surface area contributed by atoms with Gasteiger partial charge in [0.1, 0.15) is 0 Å². The Morgan fingerprint density at radius 2 is 2.09 bits per heavy atom. The highest BCUT2D eigenvalue weighted by molar-refractivity contribution is 7.98. The lowest BCUT2D eigenvalue weighted by molar-refractivity contribution is -0.127. The van der Waals surface area contributed by atoms with Crippen LogP contribution in [-0.2, 0) is 9.59 Å². The van der Waals surface area contributed by atoms with Gasteiger partial charge < -0.3 is 16.0 Å². The highest BCUT2D eigenvalue weighted by Crippen LogP contribution is 2.27. The van der Waals surface area contributed by atoms with Gasteiger partial charge >= 0.3 is 0 Å². The van der Waals surface area contributed by atoms with Crippen LogP contribution in [0.15, 0.2) is 29.2 Å². The number of benzene rings is 1. The molecule has 2 amide bonds. The summed E-state index contributed by atoms with van der Waals surface area (Å²) in [6.45, 7) is -1.45. The van der Waals surface area contributed by atoms with Crippen molar-refractivity contribution < 1.29 is 18.4 Å². The first-order valence-electron chi connectivity index (χ1n) is 7.16. The number of alkyl halides is 2. The first kappa shape index (κ1) is 17.7. The average Bonchev–Trinajstić information content (AvgIpc) is 2.94. The Bertz CT molecular complexity index is 581. The number of thioether (sulfide) groups is 1. The Kier molecular flexibility index (Phi) is 5.59. The molecule has 23 heavy (non-hydrogen) atoms. The minimum absolute atomic E-state index is 0.0182. The summed E-state index contributed by atoms with van der Waals surface area (Å²) in [5.74, 6) is -4.50. The van der Waals surface area contributed by atoms with Crippen molar-refractivity contribution in [2.75, 3.05) is 30.8 Å². The van der Waals surface area contributed by atoms with Crippen molar-refractivity contribution in [3.05, 3.63) is 24.3 Å². The Morgan fingerprint density at radius 3 is 2.65 bits per heavy atom. The van der Waals surface area contributed by atoms with Crippen LogP contribution in [0.25, 0.3) is 0 Å². The van der Waals surface area contributed by atoms with E-state index in [1.54, 1.807) is 11.8 Å². The molecule has 0 radical (unpaired) electrons. The van der Waals surface area contributed by atoms with Crippen molar-refractivity contribution in [1.29, 1.82) is 0 Å². The molecule has 1 fully saturated rings. The molecule has 5 nitrogen and oxygen atoms in total. The van der Waals surface area contributed by atoms with Gasteiger partial charge in [-0.25, -0.2) is 8.78 Å². The number of amides is 2. The van der Waals surface area contributed by atoms with E-state index in [-0.39, 0.29) is 18.9 Å². The molecule has 1 aromatic rings. The Hall–Kier alpha value is -1.67. The first-order chi connectivity index (χ1) is 10.9. The molecule has 1 aliphatic heterocycles. The zero-order chi connectivity index (χ0) is 17.0. The topological polar surface area (TPSA) is 75.4 Å². The monoisotopic (exact) mass is 343 g/mol. The summed E-state index contributed by atoms with van der Waals surface area (Å²) in [6.07, 6.45) is 1.97. The molecule has 1 atom stereocenters. The minimum Gasteiger partial charge on any atom is -0.350 e. The summed E-state index contributed by atoms with van der Waals surface area (Å²) in [5.41, 5.74) is 5.63. The lowest BCUT2D eigenvalue weighted by atomic mass is 10.1. The fourth-order valence-corrected chi connectivity index (χ4v) is 2.74. The van der Waals surface area contributed by atoms with Crippen molar-refractivity contribution in [3.63, 3.8) is 0 Å². The molecule has 0 aromatic heterocycles. The summed E-state index contributed by atoms with van der Waals surface area (Å²) < 4.78 is 26.1. The predicted molar refractivity (Wildman–Crippen MR) is 85.7 cm³/mol. The van der Waals surface area contributed by atoms with E-state index < -0.39 is 30.8 Å². The zero-order valence-corrected chi connectivity index (χ0v) is 13.5. The fourth-order valence-electron chi connectivity index (χ4n) is 2.33. The van der Waals surface area contributed by atoms with Crippen LogP contribution >= 0.6 is 11.8 Å². The third kappa shape index (κ3) is 4.42. The number of hydrogen-bond donors (Lipinski definition) is 2. The van der Waals surface area contributed by atoms with Crippen molar-refractivity contribution in [3.8, 4) is 0 Å². The number of rotatable bonds is 6. The van der Waals surface area contributed by atoms with Crippen LogP contribution in [-0.4, -0.2) is 43.6 Å². The van der Waals surface area contributed by atoms with Crippen LogP contribution in [0.3, 0.4) is 0 Å². The molecule has 1 heterocycles. The average molecular weight is 343 g/mol. The van der Waals surface area contributed by atoms with Gasteiger partial charge in [-0.1, -0.05) is 0 Å². The van der Waals surface area contributed by atoms with Gasteiger partial charge in [-0.2, -0.15) is 0 Å². The molecule has 1 saturated heterocycles. The molecule has 0 spiro atoms. The fraction of sp³-hybridized carbons (Fsp3) is 0.467. The molecule has 0 aliphatic carbocycles. The van der Waals surface area contributed by atoms with E-state index in [0.29, 0.717) is 5.69 Å². The quantitative estimate of drug-likeness (QED) is 0.767. The van der Waals surface area contributed by atoms with Crippen LogP contribution in [0.5, 0.6) is 0 Å². The van der Waals surface area contributed by atoms with Gasteiger partial charge in [-0.05, 0) is 30.5 Å². The molecule has 0 saturated carbocycles. The van der Waals surface area contributed by atoms with E-state index in [1.807, 2.05) is 30.5 Å². The number of carbonyl (C=O) groups is 2. The number of nitrogens with one attached hydrogen (secondary N) is 1. The maximum absolute atomic E-state index is 13.1. The second-order valence-electron chi connectivity index (χ2n) is 5.38. The lowest BCUT2D eigenvalue weighted by Crippen LogP contribution is -2.44. The van der Waals surface area contributed by atoms with Crippen molar-refractivity contribution >= 4 is 29.3 Å². The predicted octanol–water partition coefficient (Wildman–Crippen LogP) is 1.47. The third-order valence-electron chi connectivity index (χ3n) is 3.70. The van der Waals surface area contributed by atoms with Gasteiger partial charge in [-0.15, -0.1) is 11.8 Å². The Labute approximate surface area is 137 Å². The Morgan fingerprint density at radius 1 is 1.43 bits per heavy atom. The van der Waals surface area contributed by atoms with Gasteiger partial charge in [0.05, 0.1) is 19.0 Å². The molecular formula is C15H19F2N3O2S. The Balaban J connectivity index is 1.97. The second-order valence-corrected chi connectivity index (χ2v) is 6.26. The number of nitrogens with two attached hydrogens (primary N) is 1.